The lowest BCUT2D eigenvalue weighted by molar-refractivity contribution is -0.120. The summed E-state index contributed by atoms with van der Waals surface area (Å²) in [5, 5.41) is 10.1. The van der Waals surface area contributed by atoms with E-state index in [-0.39, 0.29) is 23.7 Å². The summed E-state index contributed by atoms with van der Waals surface area (Å²) in [6.45, 7) is 5.99. The largest absolute Gasteiger partial charge is 0.350 e. The number of hydroxylamine groups is 2. The van der Waals surface area contributed by atoms with Crippen LogP contribution in [0.5, 0.6) is 0 Å². The van der Waals surface area contributed by atoms with Crippen LogP contribution in [0.3, 0.4) is 0 Å². The predicted molar refractivity (Wildman–Crippen MR) is 77.4 cm³/mol. The molecule has 1 fully saturated rings. The number of allylic oxidation sites excluding steroid dienone is 4. The molecule has 0 aliphatic heterocycles. The molecule has 0 heterocycles. The molecule has 3 N–H and O–H groups in total. The Morgan fingerprint density at radius 3 is 2.62 bits per heavy atom. The molecule has 3 rings (SSSR count). The molecule has 0 aromatic heterocycles. The number of nitrogens with two attached hydrogens (primary N) is 1. The number of nitrogens with zero attached hydrogens (tertiary/aromatic N) is 1. The second kappa shape index (κ2) is 4.31. The molecule has 112 valence electrons. The smallest absolute Gasteiger partial charge is 0.338 e. The fourth-order valence-electron chi connectivity index (χ4n) is 3.79. The molecule has 2 amide bonds. The molecule has 0 radical (unpaired) electrons. The van der Waals surface area contributed by atoms with Crippen molar-refractivity contribution in [2.24, 2.45) is 17.1 Å². The molecule has 3 aliphatic rings. The van der Waals surface area contributed by atoms with Crippen molar-refractivity contribution in [3.8, 4) is 0 Å². The monoisotopic (exact) mass is 288 g/mol. The quantitative estimate of drug-likeness (QED) is 0.604. The lowest BCUT2D eigenvalue weighted by atomic mass is 9.70. The van der Waals surface area contributed by atoms with Gasteiger partial charge in [0.05, 0.1) is 6.54 Å². The number of Topliss-reactive ketones (excluding diaryl/α,β-unsaturated/α-hetero) is 1. The molecule has 21 heavy (non-hydrogen) atoms. The highest BCUT2D eigenvalue weighted by Crippen LogP contribution is 2.63. The highest BCUT2D eigenvalue weighted by atomic mass is 16.5. The first-order valence-corrected chi connectivity index (χ1v) is 7.23. The molecular formula is C16H20N2O3. The molecule has 1 spiro atoms. The van der Waals surface area contributed by atoms with Crippen molar-refractivity contribution in [2.45, 2.75) is 33.6 Å². The second-order valence-electron chi connectivity index (χ2n) is 6.36. The van der Waals surface area contributed by atoms with Crippen molar-refractivity contribution < 1.29 is 14.8 Å². The number of carbonyl (C=O) groups is 2. The summed E-state index contributed by atoms with van der Waals surface area (Å²) < 4.78 is 0. The van der Waals surface area contributed by atoms with Crippen molar-refractivity contribution in [3.05, 3.63) is 33.9 Å². The van der Waals surface area contributed by atoms with Crippen LogP contribution in [0.2, 0.25) is 0 Å². The van der Waals surface area contributed by atoms with Crippen molar-refractivity contribution in [1.29, 1.82) is 0 Å². The van der Waals surface area contributed by atoms with E-state index in [1.54, 1.807) is 0 Å². The fourth-order valence-corrected chi connectivity index (χ4v) is 3.79. The van der Waals surface area contributed by atoms with Gasteiger partial charge in [-0.1, -0.05) is 12.5 Å². The van der Waals surface area contributed by atoms with Gasteiger partial charge in [0.1, 0.15) is 0 Å². The molecule has 1 atom stereocenters. The fraction of sp³-hybridized carbons (Fsp3) is 0.500. The summed E-state index contributed by atoms with van der Waals surface area (Å²) >= 11 is 0. The zero-order chi connectivity index (χ0) is 15.5. The zero-order valence-corrected chi connectivity index (χ0v) is 12.6. The van der Waals surface area contributed by atoms with E-state index >= 15 is 0 Å². The van der Waals surface area contributed by atoms with Crippen LogP contribution in [0, 0.1) is 11.3 Å². The third-order valence-electron chi connectivity index (χ3n) is 5.37. The van der Waals surface area contributed by atoms with E-state index in [9.17, 15) is 14.8 Å². The van der Waals surface area contributed by atoms with Gasteiger partial charge in [-0.25, -0.2) is 9.86 Å². The molecule has 0 aromatic carbocycles. The minimum absolute atomic E-state index is 0.00731. The highest BCUT2D eigenvalue weighted by molar-refractivity contribution is 6.07. The molecule has 1 saturated carbocycles. The van der Waals surface area contributed by atoms with Gasteiger partial charge in [-0.05, 0) is 49.5 Å². The Bertz CT molecular complexity index is 650. The van der Waals surface area contributed by atoms with Crippen molar-refractivity contribution in [2.75, 3.05) is 6.54 Å². The maximum Gasteiger partial charge on any atom is 0.338 e. The van der Waals surface area contributed by atoms with Gasteiger partial charge >= 0.3 is 6.03 Å². The Labute approximate surface area is 123 Å². The van der Waals surface area contributed by atoms with Crippen LogP contribution in [0.1, 0.15) is 33.6 Å². The van der Waals surface area contributed by atoms with Gasteiger partial charge in [0.15, 0.2) is 5.78 Å². The maximum atomic E-state index is 12.6. The van der Waals surface area contributed by atoms with Gasteiger partial charge in [0.25, 0.3) is 0 Å². The standard InChI is InChI=1S/C16H20N2O3/c1-8-6-11-13(12(8)7-18(21)15(17)20)9(2)16(4-5-16)10(3)14(11)19/h6,10,21H,4-5,7H2,1-3H3,(H2,17,20)/t10-/m1/s1. The lowest BCUT2D eigenvalue weighted by Gasteiger charge is -2.33. The number of carbonyl (C=O) groups excluding carboxylic acids is 2. The van der Waals surface area contributed by atoms with Crippen molar-refractivity contribution in [1.82, 2.24) is 5.06 Å². The number of rotatable bonds is 2. The second-order valence-corrected chi connectivity index (χ2v) is 6.36. The summed E-state index contributed by atoms with van der Waals surface area (Å²) in [4.78, 5) is 23.7. The highest BCUT2D eigenvalue weighted by Gasteiger charge is 2.56. The van der Waals surface area contributed by atoms with E-state index in [1.165, 1.54) is 5.57 Å². The molecular weight excluding hydrogens is 268 g/mol. The molecule has 0 unspecified atom stereocenters. The van der Waals surface area contributed by atoms with Gasteiger partial charge in [-0.3, -0.25) is 10.0 Å². The first-order valence-electron chi connectivity index (χ1n) is 7.23. The van der Waals surface area contributed by atoms with E-state index in [4.69, 9.17) is 5.73 Å². The first kappa shape index (κ1) is 14.1. The topological polar surface area (TPSA) is 83.6 Å². The van der Waals surface area contributed by atoms with Crippen LogP contribution in [0.25, 0.3) is 0 Å². The third kappa shape index (κ3) is 1.80. The van der Waals surface area contributed by atoms with E-state index in [0.29, 0.717) is 5.06 Å². The van der Waals surface area contributed by atoms with Gasteiger partial charge < -0.3 is 5.73 Å². The Balaban J connectivity index is 2.06. The van der Waals surface area contributed by atoms with Gasteiger partial charge in [-0.2, -0.15) is 0 Å². The minimum atomic E-state index is -0.890. The number of urea groups is 1. The average Bonchev–Trinajstić information content (AvgIpc) is 3.17. The van der Waals surface area contributed by atoms with Gasteiger partial charge in [0, 0.05) is 16.9 Å². The molecule has 3 aliphatic carbocycles. The van der Waals surface area contributed by atoms with E-state index in [2.05, 4.69) is 6.92 Å². The normalized spacial score (nSPS) is 26.2. The first-order chi connectivity index (χ1) is 9.79. The summed E-state index contributed by atoms with van der Waals surface area (Å²) in [6, 6.07) is -0.890. The van der Waals surface area contributed by atoms with Crippen molar-refractivity contribution >= 4 is 11.8 Å². The number of ketones is 1. The zero-order valence-electron chi connectivity index (χ0n) is 12.6. The van der Waals surface area contributed by atoms with Crippen LogP contribution >= 0.6 is 0 Å². The predicted octanol–water partition coefficient (Wildman–Crippen LogP) is 2.33. The van der Waals surface area contributed by atoms with Crippen LogP contribution in [0.4, 0.5) is 4.79 Å². The molecule has 0 aromatic rings. The van der Waals surface area contributed by atoms with Crippen LogP contribution in [-0.2, 0) is 4.79 Å². The van der Waals surface area contributed by atoms with E-state index in [0.717, 1.165) is 35.1 Å². The average molecular weight is 288 g/mol. The molecule has 0 saturated heterocycles. The Hall–Kier alpha value is -1.88. The molecule has 5 heteroatoms. The van der Waals surface area contributed by atoms with Crippen molar-refractivity contribution in [3.63, 3.8) is 0 Å². The number of amides is 2. The maximum absolute atomic E-state index is 12.6. The molecule has 5 nitrogen and oxygen atoms in total. The van der Waals surface area contributed by atoms with Crippen LogP contribution < -0.4 is 5.73 Å². The lowest BCUT2D eigenvalue weighted by Crippen LogP contribution is -2.36. The van der Waals surface area contributed by atoms with E-state index < -0.39 is 6.03 Å². The van der Waals surface area contributed by atoms with Crippen LogP contribution in [0.15, 0.2) is 33.9 Å². The van der Waals surface area contributed by atoms with Crippen LogP contribution in [-0.4, -0.2) is 28.6 Å². The summed E-state index contributed by atoms with van der Waals surface area (Å²) in [5.41, 5.74) is 9.69. The summed E-state index contributed by atoms with van der Waals surface area (Å²) in [5.74, 6) is 0.187. The SMILES string of the molecule is CC1=C(CN(O)C(N)=O)C2=C(C)C3(CC3)[C@H](C)C(=O)C2=C1. The minimum Gasteiger partial charge on any atom is -0.350 e. The number of hydrogen-bond acceptors (Lipinski definition) is 3. The Kier molecular flexibility index (Phi) is 2.89. The van der Waals surface area contributed by atoms with E-state index in [1.807, 2.05) is 19.9 Å². The summed E-state index contributed by atoms with van der Waals surface area (Å²) in [6.07, 6.45) is 3.94. The summed E-state index contributed by atoms with van der Waals surface area (Å²) in [7, 11) is 0. The van der Waals surface area contributed by atoms with Gasteiger partial charge in [0.2, 0.25) is 0 Å². The van der Waals surface area contributed by atoms with Gasteiger partial charge in [-0.15, -0.1) is 0 Å². The number of hydrogen-bond donors (Lipinski definition) is 2. The number of fused-ring (bicyclic) bond motifs is 1. The Morgan fingerprint density at radius 1 is 1.48 bits per heavy atom. The Morgan fingerprint density at radius 2 is 2.10 bits per heavy atom. The molecule has 0 bridgehead atoms. The number of primary amides is 1. The third-order valence-corrected chi connectivity index (χ3v) is 5.37.